The number of fused-ring (bicyclic) bond motifs is 1. The second-order valence-electron chi connectivity index (χ2n) is 9.05. The molecule has 3 rings (SSSR count). The molecule has 0 bridgehead atoms. The van der Waals surface area contributed by atoms with Gasteiger partial charge in [-0.3, -0.25) is 4.79 Å². The van der Waals surface area contributed by atoms with Crippen molar-refractivity contribution in [2.45, 2.75) is 58.8 Å². The van der Waals surface area contributed by atoms with Crippen LogP contribution in [-0.2, 0) is 27.2 Å². The lowest BCUT2D eigenvalue weighted by atomic mass is 9.94. The Balaban J connectivity index is 1.86. The van der Waals surface area contributed by atoms with Gasteiger partial charge in [-0.05, 0) is 67.7 Å². The first-order valence-electron chi connectivity index (χ1n) is 12.4. The fraction of sp³-hybridized carbons (Fsp3) is 0.519. The lowest BCUT2D eigenvalue weighted by Gasteiger charge is -2.29. The highest BCUT2D eigenvalue weighted by molar-refractivity contribution is 6.33. The third-order valence-electron chi connectivity index (χ3n) is 6.37. The molecule has 0 saturated carbocycles. The summed E-state index contributed by atoms with van der Waals surface area (Å²) >= 11 is 6.47. The summed E-state index contributed by atoms with van der Waals surface area (Å²) in [6, 6.07) is 1.51. The highest BCUT2D eigenvalue weighted by Gasteiger charge is 2.24. The van der Waals surface area contributed by atoms with E-state index in [0.29, 0.717) is 41.2 Å². The molecule has 190 valence electrons. The largest absolute Gasteiger partial charge is 0.506 e. The lowest BCUT2D eigenvalue weighted by Crippen LogP contribution is -2.39. The minimum atomic E-state index is -0.483. The number of likely N-dealkylation sites (tertiary alicyclic amines) is 1. The Kier molecular flexibility index (Phi) is 10.2. The van der Waals surface area contributed by atoms with Crippen molar-refractivity contribution < 1.29 is 24.3 Å². The number of oxime groups is 1. The average molecular weight is 503 g/mol. The number of aryl methyl sites for hydroxylation is 1. The molecule has 0 unspecified atom stereocenters. The number of cyclic esters (lactones) is 1. The molecule has 0 aromatic heterocycles. The number of halogens is 1. The summed E-state index contributed by atoms with van der Waals surface area (Å²) in [5.41, 5.74) is 1.92. The number of piperidine rings is 1. The molecule has 0 radical (unpaired) electrons. The lowest BCUT2D eigenvalue weighted by molar-refractivity contribution is -0.137. The summed E-state index contributed by atoms with van der Waals surface area (Å²) in [5, 5.41) is 14.7. The second kappa shape index (κ2) is 13.3. The van der Waals surface area contributed by atoms with Crippen LogP contribution in [-0.4, -0.2) is 53.9 Å². The first-order valence-corrected chi connectivity index (χ1v) is 12.8. The Bertz CT molecular complexity index is 994. The zero-order chi connectivity index (χ0) is 25.2. The van der Waals surface area contributed by atoms with Crippen LogP contribution in [0, 0.1) is 5.92 Å². The van der Waals surface area contributed by atoms with Crippen LogP contribution < -0.4 is 0 Å². The van der Waals surface area contributed by atoms with E-state index in [4.69, 9.17) is 21.2 Å². The number of phenolic OH excluding ortho intramolecular Hbond substituents is 1. The number of benzene rings is 1. The number of hydrogen-bond acceptors (Lipinski definition) is 6. The van der Waals surface area contributed by atoms with Crippen LogP contribution >= 0.6 is 11.6 Å². The Labute approximate surface area is 212 Å². The third-order valence-corrected chi connectivity index (χ3v) is 6.79. The number of amides is 1. The summed E-state index contributed by atoms with van der Waals surface area (Å²) in [6.07, 6.45) is 12.7. The molecular formula is C27H35ClN2O5. The van der Waals surface area contributed by atoms with Crippen molar-refractivity contribution in [3.05, 3.63) is 52.1 Å². The van der Waals surface area contributed by atoms with Crippen LogP contribution in [0.25, 0.3) is 0 Å². The van der Waals surface area contributed by atoms with Crippen molar-refractivity contribution in [2.75, 3.05) is 26.3 Å². The molecule has 1 amide bonds. The summed E-state index contributed by atoms with van der Waals surface area (Å²) in [5.74, 6) is -0.0455. The predicted molar refractivity (Wildman–Crippen MR) is 137 cm³/mol. The Morgan fingerprint density at radius 2 is 1.94 bits per heavy atom. The maximum atomic E-state index is 13.0. The van der Waals surface area contributed by atoms with Gasteiger partial charge in [-0.15, -0.1) is 0 Å². The summed E-state index contributed by atoms with van der Waals surface area (Å²) in [4.78, 5) is 32.8. The SMILES string of the molecule is CCc1cc(O)c(Cl)c2c1C(=O)OCC/C=C/CC/C=C/C(=N/OCC(=O)N1CCC(C)CC1)C2. The standard InChI is InChI=1S/C27H35ClN2O5/c1-3-20-16-23(31)26(28)22-17-21(29-35-18-24(32)30-13-11-19(2)12-14-30)10-8-6-4-5-7-9-15-34-27(33)25(20)22/h5,7-8,10,16,19,31H,3-4,6,9,11-15,17-18H2,1-2H3/b7-5+,10-8+,29-21-. The first kappa shape index (κ1) is 26.8. The summed E-state index contributed by atoms with van der Waals surface area (Å²) in [6.45, 7) is 5.66. The topological polar surface area (TPSA) is 88.4 Å². The van der Waals surface area contributed by atoms with Gasteiger partial charge in [0.15, 0.2) is 6.61 Å². The molecule has 2 aliphatic heterocycles. The molecule has 1 saturated heterocycles. The van der Waals surface area contributed by atoms with E-state index in [-0.39, 0.29) is 36.3 Å². The first-order chi connectivity index (χ1) is 16.9. The van der Waals surface area contributed by atoms with Gasteiger partial charge in [-0.2, -0.15) is 0 Å². The quantitative estimate of drug-likeness (QED) is 0.346. The van der Waals surface area contributed by atoms with Gasteiger partial charge in [0.05, 0.1) is 22.9 Å². The van der Waals surface area contributed by atoms with Crippen LogP contribution in [0.15, 0.2) is 35.5 Å². The molecule has 35 heavy (non-hydrogen) atoms. The van der Waals surface area contributed by atoms with Crippen molar-refractivity contribution in [2.24, 2.45) is 11.1 Å². The van der Waals surface area contributed by atoms with E-state index in [1.807, 2.05) is 30.1 Å². The number of rotatable bonds is 4. The average Bonchev–Trinajstić information content (AvgIpc) is 2.84. The normalized spacial score (nSPS) is 21.1. The zero-order valence-electron chi connectivity index (χ0n) is 20.6. The maximum absolute atomic E-state index is 13.0. The van der Waals surface area contributed by atoms with Gasteiger partial charge in [0.1, 0.15) is 5.75 Å². The van der Waals surface area contributed by atoms with Crippen molar-refractivity contribution >= 4 is 29.2 Å². The van der Waals surface area contributed by atoms with E-state index in [1.54, 1.807) is 0 Å². The van der Waals surface area contributed by atoms with E-state index in [2.05, 4.69) is 18.2 Å². The Morgan fingerprint density at radius 3 is 2.69 bits per heavy atom. The van der Waals surface area contributed by atoms with Gasteiger partial charge in [-0.1, -0.05) is 48.8 Å². The third kappa shape index (κ3) is 7.59. The molecule has 2 aliphatic rings. The van der Waals surface area contributed by atoms with E-state index < -0.39 is 5.97 Å². The van der Waals surface area contributed by atoms with Gasteiger partial charge in [0.2, 0.25) is 0 Å². The van der Waals surface area contributed by atoms with Gasteiger partial charge >= 0.3 is 5.97 Å². The fourth-order valence-electron chi connectivity index (χ4n) is 4.22. The fourth-order valence-corrected chi connectivity index (χ4v) is 4.44. The van der Waals surface area contributed by atoms with Crippen LogP contribution in [0.5, 0.6) is 5.75 Å². The van der Waals surface area contributed by atoms with E-state index in [0.717, 1.165) is 38.8 Å². The number of aromatic hydroxyl groups is 1. The smallest absolute Gasteiger partial charge is 0.338 e. The molecule has 1 aromatic carbocycles. The van der Waals surface area contributed by atoms with Crippen LogP contribution in [0.1, 0.15) is 67.4 Å². The number of esters is 1. The zero-order valence-corrected chi connectivity index (χ0v) is 21.4. The molecule has 2 heterocycles. The molecule has 0 spiro atoms. The van der Waals surface area contributed by atoms with Crippen LogP contribution in [0.4, 0.5) is 0 Å². The van der Waals surface area contributed by atoms with Crippen molar-refractivity contribution in [1.82, 2.24) is 4.90 Å². The van der Waals surface area contributed by atoms with E-state index >= 15 is 0 Å². The number of phenols is 1. The highest BCUT2D eigenvalue weighted by Crippen LogP contribution is 2.34. The molecule has 1 N–H and O–H groups in total. The van der Waals surface area contributed by atoms with Gasteiger partial charge in [0.25, 0.3) is 5.91 Å². The maximum Gasteiger partial charge on any atom is 0.338 e. The number of nitrogens with zero attached hydrogens (tertiary/aromatic N) is 2. The molecule has 7 nitrogen and oxygen atoms in total. The molecular weight excluding hydrogens is 468 g/mol. The number of allylic oxidation sites excluding steroid dienone is 3. The van der Waals surface area contributed by atoms with Crippen LogP contribution in [0.3, 0.4) is 0 Å². The molecule has 1 fully saturated rings. The Morgan fingerprint density at radius 1 is 1.23 bits per heavy atom. The monoisotopic (exact) mass is 502 g/mol. The van der Waals surface area contributed by atoms with Gasteiger partial charge < -0.3 is 19.6 Å². The van der Waals surface area contributed by atoms with E-state index in [1.165, 1.54) is 6.07 Å². The van der Waals surface area contributed by atoms with Gasteiger partial charge in [0, 0.05) is 19.5 Å². The molecule has 0 aliphatic carbocycles. The van der Waals surface area contributed by atoms with Crippen molar-refractivity contribution in [1.29, 1.82) is 0 Å². The Hall–Kier alpha value is -2.80. The highest BCUT2D eigenvalue weighted by atomic mass is 35.5. The van der Waals surface area contributed by atoms with Crippen molar-refractivity contribution in [3.63, 3.8) is 0 Å². The number of ether oxygens (including phenoxy) is 1. The molecule has 0 atom stereocenters. The van der Waals surface area contributed by atoms with Crippen molar-refractivity contribution in [3.8, 4) is 5.75 Å². The van der Waals surface area contributed by atoms with E-state index in [9.17, 15) is 14.7 Å². The summed E-state index contributed by atoms with van der Waals surface area (Å²) < 4.78 is 5.50. The predicted octanol–water partition coefficient (Wildman–Crippen LogP) is 5.23. The molecule has 8 heteroatoms. The number of hydrogen-bond donors (Lipinski definition) is 1. The number of carbonyl (C=O) groups excluding carboxylic acids is 2. The molecule has 1 aromatic rings. The van der Waals surface area contributed by atoms with Crippen LogP contribution in [0.2, 0.25) is 5.02 Å². The minimum Gasteiger partial charge on any atom is -0.506 e. The second-order valence-corrected chi connectivity index (χ2v) is 9.43. The number of carbonyl (C=O) groups is 2. The van der Waals surface area contributed by atoms with Gasteiger partial charge in [-0.25, -0.2) is 4.79 Å². The summed E-state index contributed by atoms with van der Waals surface area (Å²) in [7, 11) is 0. The minimum absolute atomic E-state index is 0.0840.